The summed E-state index contributed by atoms with van der Waals surface area (Å²) in [5.41, 5.74) is 2.11. The van der Waals surface area contributed by atoms with Gasteiger partial charge in [0.1, 0.15) is 5.75 Å². The highest BCUT2D eigenvalue weighted by atomic mass is 79.9. The Balaban J connectivity index is 1.70. The topological polar surface area (TPSA) is 32.6 Å². The van der Waals surface area contributed by atoms with Crippen LogP contribution in [0.5, 0.6) is 5.75 Å². The van der Waals surface area contributed by atoms with Gasteiger partial charge in [0.25, 0.3) is 0 Å². The fourth-order valence-corrected chi connectivity index (χ4v) is 2.59. The van der Waals surface area contributed by atoms with Crippen molar-refractivity contribution in [3.63, 3.8) is 0 Å². The van der Waals surface area contributed by atoms with E-state index in [0.717, 1.165) is 16.5 Å². The molecule has 1 aliphatic rings. The molecule has 0 unspecified atom stereocenters. The van der Waals surface area contributed by atoms with Gasteiger partial charge in [-0.15, -0.1) is 0 Å². The number of benzene rings is 2. The Labute approximate surface area is 120 Å². The van der Waals surface area contributed by atoms with E-state index < -0.39 is 0 Å². The number of nitrogens with zero attached hydrogens (tertiary/aromatic N) is 1. The van der Waals surface area contributed by atoms with E-state index in [1.165, 1.54) is 5.56 Å². The first-order valence-electron chi connectivity index (χ1n) is 6.30. The van der Waals surface area contributed by atoms with Crippen molar-refractivity contribution in [2.24, 2.45) is 4.99 Å². The molecule has 3 rings (SSSR count). The Hall–Kier alpha value is -1.61. The average molecular weight is 316 g/mol. The minimum atomic E-state index is 0.267. The molecule has 2 nitrogen and oxygen atoms in total. The van der Waals surface area contributed by atoms with Gasteiger partial charge in [0.2, 0.25) is 0 Å². The van der Waals surface area contributed by atoms with E-state index in [1.54, 1.807) is 12.3 Å². The minimum absolute atomic E-state index is 0.267. The minimum Gasteiger partial charge on any atom is -0.507 e. The van der Waals surface area contributed by atoms with Gasteiger partial charge in [-0.3, -0.25) is 4.99 Å². The van der Waals surface area contributed by atoms with Gasteiger partial charge in [0.05, 0.1) is 6.04 Å². The second kappa shape index (κ2) is 5.17. The van der Waals surface area contributed by atoms with Crippen LogP contribution in [-0.4, -0.2) is 17.4 Å². The van der Waals surface area contributed by atoms with Crippen molar-refractivity contribution < 1.29 is 5.11 Å². The molecule has 96 valence electrons. The van der Waals surface area contributed by atoms with Crippen molar-refractivity contribution in [2.75, 3.05) is 0 Å². The molecule has 2 aromatic rings. The first-order valence-corrected chi connectivity index (χ1v) is 7.10. The second-order valence-electron chi connectivity index (χ2n) is 4.80. The molecule has 1 saturated carbocycles. The van der Waals surface area contributed by atoms with Crippen LogP contribution in [0.3, 0.4) is 0 Å². The number of phenolic OH excluding ortho intramolecular Hbond substituents is 1. The number of aliphatic imine (C=N–C) groups is 1. The highest BCUT2D eigenvalue weighted by Crippen LogP contribution is 2.43. The largest absolute Gasteiger partial charge is 0.507 e. The lowest BCUT2D eigenvalue weighted by Gasteiger charge is -1.99. The monoisotopic (exact) mass is 315 g/mol. The molecule has 0 saturated heterocycles. The highest BCUT2D eigenvalue weighted by molar-refractivity contribution is 9.10. The summed E-state index contributed by atoms with van der Waals surface area (Å²) in [7, 11) is 0. The third kappa shape index (κ3) is 2.87. The normalized spacial score (nSPS) is 21.7. The molecule has 1 fully saturated rings. The van der Waals surface area contributed by atoms with Gasteiger partial charge in [-0.1, -0.05) is 46.3 Å². The van der Waals surface area contributed by atoms with Crippen molar-refractivity contribution >= 4 is 22.1 Å². The molecule has 0 spiro atoms. The summed E-state index contributed by atoms with van der Waals surface area (Å²) in [5.74, 6) is 0.801. The predicted octanol–water partition coefficient (Wildman–Crippen LogP) is 4.13. The molecule has 2 aromatic carbocycles. The van der Waals surface area contributed by atoms with Crippen molar-refractivity contribution in [1.82, 2.24) is 0 Å². The van der Waals surface area contributed by atoms with E-state index in [-0.39, 0.29) is 5.75 Å². The Kier molecular flexibility index (Phi) is 3.38. The summed E-state index contributed by atoms with van der Waals surface area (Å²) < 4.78 is 0.946. The molecule has 0 amide bonds. The van der Waals surface area contributed by atoms with E-state index in [4.69, 9.17) is 0 Å². The highest BCUT2D eigenvalue weighted by Gasteiger charge is 2.37. The fourth-order valence-electron chi connectivity index (χ4n) is 2.21. The smallest absolute Gasteiger partial charge is 0.124 e. The van der Waals surface area contributed by atoms with Crippen LogP contribution in [0.25, 0.3) is 0 Å². The van der Waals surface area contributed by atoms with Gasteiger partial charge < -0.3 is 5.11 Å². The zero-order valence-electron chi connectivity index (χ0n) is 10.3. The second-order valence-corrected chi connectivity index (χ2v) is 5.72. The van der Waals surface area contributed by atoms with Crippen molar-refractivity contribution in [3.05, 3.63) is 64.1 Å². The summed E-state index contributed by atoms with van der Waals surface area (Å²) >= 11 is 3.39. The van der Waals surface area contributed by atoms with E-state index in [2.05, 4.69) is 45.2 Å². The Morgan fingerprint density at radius 2 is 1.95 bits per heavy atom. The van der Waals surface area contributed by atoms with Crippen LogP contribution < -0.4 is 0 Å². The van der Waals surface area contributed by atoms with Gasteiger partial charge in [0.15, 0.2) is 0 Å². The molecule has 0 bridgehead atoms. The molecule has 3 heteroatoms. The fraction of sp³-hybridized carbons (Fsp3) is 0.188. The Bertz CT molecular complexity index is 609. The Morgan fingerprint density at radius 3 is 2.74 bits per heavy atom. The lowest BCUT2D eigenvalue weighted by molar-refractivity contribution is 0.474. The van der Waals surface area contributed by atoms with E-state index in [9.17, 15) is 5.11 Å². The van der Waals surface area contributed by atoms with Gasteiger partial charge in [-0.25, -0.2) is 0 Å². The van der Waals surface area contributed by atoms with Crippen molar-refractivity contribution in [2.45, 2.75) is 18.4 Å². The third-order valence-electron chi connectivity index (χ3n) is 3.38. The molecule has 0 heterocycles. The molecule has 1 aliphatic carbocycles. The molecular weight excluding hydrogens is 302 g/mol. The van der Waals surface area contributed by atoms with Crippen LogP contribution in [0.15, 0.2) is 58.0 Å². The standard InChI is InChI=1S/C16H14BrNO/c17-13-6-7-16(19)12(8-13)10-18-15-9-14(15)11-4-2-1-3-5-11/h1-8,10,14-15,19H,9H2/t14-,15+/m1/s1. The van der Waals surface area contributed by atoms with E-state index >= 15 is 0 Å². The van der Waals surface area contributed by atoms with Crippen LogP contribution in [0.4, 0.5) is 0 Å². The molecular formula is C16H14BrNO. The van der Waals surface area contributed by atoms with Gasteiger partial charge in [0, 0.05) is 22.2 Å². The van der Waals surface area contributed by atoms with Crippen molar-refractivity contribution in [3.8, 4) is 5.75 Å². The third-order valence-corrected chi connectivity index (χ3v) is 3.87. The van der Waals surface area contributed by atoms with E-state index in [0.29, 0.717) is 12.0 Å². The van der Waals surface area contributed by atoms with Crippen molar-refractivity contribution in [1.29, 1.82) is 0 Å². The number of aromatic hydroxyl groups is 1. The molecule has 0 aliphatic heterocycles. The van der Waals surface area contributed by atoms with Crippen LogP contribution in [0, 0.1) is 0 Å². The van der Waals surface area contributed by atoms with Gasteiger partial charge in [-0.05, 0) is 30.2 Å². The number of phenols is 1. The summed E-state index contributed by atoms with van der Waals surface area (Å²) in [6.07, 6.45) is 2.86. The first kappa shape index (κ1) is 12.4. The Morgan fingerprint density at radius 1 is 1.16 bits per heavy atom. The summed E-state index contributed by atoms with van der Waals surface area (Å²) in [4.78, 5) is 4.56. The number of hydrogen-bond acceptors (Lipinski definition) is 2. The quantitative estimate of drug-likeness (QED) is 0.849. The van der Waals surface area contributed by atoms with Gasteiger partial charge in [-0.2, -0.15) is 0 Å². The molecule has 0 aromatic heterocycles. The SMILES string of the molecule is Oc1ccc(Br)cc1C=N[C@H]1C[C@@H]1c1ccccc1. The van der Waals surface area contributed by atoms with Crippen LogP contribution >= 0.6 is 15.9 Å². The van der Waals surface area contributed by atoms with E-state index in [1.807, 2.05) is 18.2 Å². The number of hydrogen-bond donors (Lipinski definition) is 1. The summed E-state index contributed by atoms with van der Waals surface area (Å²) in [5, 5.41) is 9.74. The number of rotatable bonds is 3. The average Bonchev–Trinajstić information content (AvgIpc) is 3.20. The molecule has 2 atom stereocenters. The molecule has 0 radical (unpaired) electrons. The maximum Gasteiger partial charge on any atom is 0.124 e. The molecule has 1 N–H and O–H groups in total. The molecule has 19 heavy (non-hydrogen) atoms. The maximum absolute atomic E-state index is 9.74. The predicted molar refractivity (Wildman–Crippen MR) is 81.0 cm³/mol. The maximum atomic E-state index is 9.74. The lowest BCUT2D eigenvalue weighted by Crippen LogP contribution is -1.88. The lowest BCUT2D eigenvalue weighted by atomic mass is 10.1. The zero-order chi connectivity index (χ0) is 13.2. The number of halogens is 1. The summed E-state index contributed by atoms with van der Waals surface area (Å²) in [6, 6.07) is 16.2. The van der Waals surface area contributed by atoms with Gasteiger partial charge >= 0.3 is 0 Å². The zero-order valence-corrected chi connectivity index (χ0v) is 11.9. The first-order chi connectivity index (χ1) is 9.24. The van der Waals surface area contributed by atoms with Crippen LogP contribution in [-0.2, 0) is 0 Å². The summed E-state index contributed by atoms with van der Waals surface area (Å²) in [6.45, 7) is 0. The van der Waals surface area contributed by atoms with Crippen LogP contribution in [0.2, 0.25) is 0 Å². The van der Waals surface area contributed by atoms with Crippen LogP contribution in [0.1, 0.15) is 23.5 Å².